The van der Waals surface area contributed by atoms with E-state index >= 15 is 0 Å². The summed E-state index contributed by atoms with van der Waals surface area (Å²) in [5.74, 6) is 0.570. The molecule has 0 spiro atoms. The average Bonchev–Trinajstić information content (AvgIpc) is 3.33. The van der Waals surface area contributed by atoms with Gasteiger partial charge >= 0.3 is 0 Å². The van der Waals surface area contributed by atoms with Crippen LogP contribution in [0.5, 0.6) is 0 Å². The molecule has 0 bridgehead atoms. The molecule has 0 fully saturated rings. The van der Waals surface area contributed by atoms with E-state index in [1.165, 1.54) is 34.1 Å². The van der Waals surface area contributed by atoms with Crippen LogP contribution in [-0.4, -0.2) is 15.9 Å². The molecule has 0 amide bonds. The van der Waals surface area contributed by atoms with Crippen LogP contribution < -0.4 is 5.56 Å². The SMILES string of the molecule is O=c1c2c3c(sc2ncn1/N=C\c1ccc(Sc2ccc(Cl)cc2)o1)CCCC3. The molecule has 29 heavy (non-hydrogen) atoms. The van der Waals surface area contributed by atoms with E-state index in [0.29, 0.717) is 10.8 Å². The van der Waals surface area contributed by atoms with Crippen molar-refractivity contribution in [2.24, 2.45) is 5.10 Å². The highest BCUT2D eigenvalue weighted by Gasteiger charge is 2.19. The van der Waals surface area contributed by atoms with Crippen molar-refractivity contribution in [2.75, 3.05) is 0 Å². The fourth-order valence-corrected chi connectivity index (χ4v) is 5.54. The van der Waals surface area contributed by atoms with E-state index in [9.17, 15) is 4.79 Å². The Kier molecular flexibility index (Phi) is 5.03. The molecule has 3 aromatic heterocycles. The molecule has 0 atom stereocenters. The fourth-order valence-electron chi connectivity index (χ4n) is 3.42. The van der Waals surface area contributed by atoms with Gasteiger partial charge in [-0.3, -0.25) is 4.79 Å². The Balaban J connectivity index is 1.39. The number of thiophene rings is 1. The summed E-state index contributed by atoms with van der Waals surface area (Å²) in [5, 5.41) is 6.45. The Morgan fingerprint density at radius 2 is 2.00 bits per heavy atom. The summed E-state index contributed by atoms with van der Waals surface area (Å²) in [6.07, 6.45) is 7.32. The monoisotopic (exact) mass is 441 g/mol. The third-order valence-corrected chi connectivity index (χ3v) is 7.18. The molecular weight excluding hydrogens is 426 g/mol. The highest BCUT2D eigenvalue weighted by molar-refractivity contribution is 7.99. The molecular formula is C21H16ClN3O2S2. The van der Waals surface area contributed by atoms with E-state index in [-0.39, 0.29) is 5.56 Å². The van der Waals surface area contributed by atoms with Crippen LogP contribution >= 0.6 is 34.7 Å². The van der Waals surface area contributed by atoms with Crippen molar-refractivity contribution in [2.45, 2.75) is 35.7 Å². The van der Waals surface area contributed by atoms with Crippen molar-refractivity contribution < 1.29 is 4.42 Å². The minimum Gasteiger partial charge on any atom is -0.448 e. The Hall–Kier alpha value is -2.35. The van der Waals surface area contributed by atoms with Crippen molar-refractivity contribution >= 4 is 51.1 Å². The van der Waals surface area contributed by atoms with Gasteiger partial charge in [0.15, 0.2) is 5.09 Å². The highest BCUT2D eigenvalue weighted by atomic mass is 35.5. The number of furan rings is 1. The van der Waals surface area contributed by atoms with Gasteiger partial charge in [0.05, 0.1) is 11.6 Å². The molecule has 0 aliphatic heterocycles. The molecule has 4 aromatic rings. The normalized spacial score (nSPS) is 14.0. The Morgan fingerprint density at radius 1 is 1.17 bits per heavy atom. The number of halogens is 1. The summed E-state index contributed by atoms with van der Waals surface area (Å²) in [5.41, 5.74) is 1.05. The Bertz CT molecular complexity index is 1270. The quantitative estimate of drug-likeness (QED) is 0.386. The minimum absolute atomic E-state index is 0.118. The van der Waals surface area contributed by atoms with Crippen LogP contribution in [0.15, 0.2) is 67.0 Å². The lowest BCUT2D eigenvalue weighted by Crippen LogP contribution is -2.17. The predicted octanol–water partition coefficient (Wildman–Crippen LogP) is 5.62. The molecule has 5 nitrogen and oxygen atoms in total. The summed E-state index contributed by atoms with van der Waals surface area (Å²) in [4.78, 5) is 20.5. The first-order valence-electron chi connectivity index (χ1n) is 9.27. The molecule has 0 N–H and O–H groups in total. The molecule has 5 rings (SSSR count). The first kappa shape index (κ1) is 18.7. The maximum absolute atomic E-state index is 12.9. The van der Waals surface area contributed by atoms with Gasteiger partial charge in [-0.05, 0) is 67.6 Å². The molecule has 1 aliphatic carbocycles. The van der Waals surface area contributed by atoms with E-state index in [2.05, 4.69) is 10.1 Å². The van der Waals surface area contributed by atoms with Crippen LogP contribution in [0.4, 0.5) is 0 Å². The van der Waals surface area contributed by atoms with Gasteiger partial charge in [-0.15, -0.1) is 11.3 Å². The largest absolute Gasteiger partial charge is 0.448 e. The Labute approximate surface area is 180 Å². The van der Waals surface area contributed by atoms with Gasteiger partial charge < -0.3 is 4.42 Å². The van der Waals surface area contributed by atoms with E-state index in [4.69, 9.17) is 16.0 Å². The summed E-state index contributed by atoms with van der Waals surface area (Å²) in [6, 6.07) is 11.3. The van der Waals surface area contributed by atoms with Crippen molar-refractivity contribution in [3.63, 3.8) is 0 Å². The third kappa shape index (κ3) is 3.77. The second-order valence-electron chi connectivity index (χ2n) is 6.74. The highest BCUT2D eigenvalue weighted by Crippen LogP contribution is 2.33. The van der Waals surface area contributed by atoms with Gasteiger partial charge in [-0.2, -0.15) is 9.78 Å². The van der Waals surface area contributed by atoms with E-state index in [1.54, 1.807) is 17.6 Å². The topological polar surface area (TPSA) is 60.4 Å². The molecule has 1 aromatic carbocycles. The van der Waals surface area contributed by atoms with Crippen LogP contribution in [0.25, 0.3) is 10.2 Å². The third-order valence-electron chi connectivity index (χ3n) is 4.80. The second kappa shape index (κ2) is 7.82. The standard InChI is InChI=1S/C21H16ClN3O2S2/c22-13-5-8-15(9-6-13)28-18-10-7-14(27-18)11-24-25-12-23-20-19(21(25)26)16-3-1-2-4-17(16)29-20/h5-12H,1-4H2/b24-11-. The average molecular weight is 442 g/mol. The zero-order valence-corrected chi connectivity index (χ0v) is 17.7. The molecule has 1 aliphatic rings. The maximum Gasteiger partial charge on any atom is 0.282 e. The van der Waals surface area contributed by atoms with Crippen LogP contribution in [0.2, 0.25) is 5.02 Å². The fraction of sp³-hybridized carbons (Fsp3) is 0.190. The van der Waals surface area contributed by atoms with Crippen LogP contribution in [0.3, 0.4) is 0 Å². The summed E-state index contributed by atoms with van der Waals surface area (Å²) >= 11 is 9.05. The molecule has 146 valence electrons. The molecule has 0 unspecified atom stereocenters. The van der Waals surface area contributed by atoms with Gasteiger partial charge in [-0.25, -0.2) is 4.98 Å². The zero-order chi connectivity index (χ0) is 19.8. The van der Waals surface area contributed by atoms with Crippen molar-refractivity contribution in [3.8, 4) is 0 Å². The number of benzene rings is 1. The number of hydrogen-bond acceptors (Lipinski definition) is 6. The van der Waals surface area contributed by atoms with Crippen LogP contribution in [0.1, 0.15) is 29.0 Å². The van der Waals surface area contributed by atoms with Gasteiger partial charge in [0.25, 0.3) is 5.56 Å². The summed E-state index contributed by atoms with van der Waals surface area (Å²) in [6.45, 7) is 0. The number of fused-ring (bicyclic) bond motifs is 3. The molecule has 8 heteroatoms. The summed E-state index contributed by atoms with van der Waals surface area (Å²) < 4.78 is 7.08. The maximum atomic E-state index is 12.9. The second-order valence-corrected chi connectivity index (χ2v) is 9.34. The smallest absolute Gasteiger partial charge is 0.282 e. The lowest BCUT2D eigenvalue weighted by Gasteiger charge is -2.09. The first-order chi connectivity index (χ1) is 14.2. The zero-order valence-electron chi connectivity index (χ0n) is 15.3. The van der Waals surface area contributed by atoms with Crippen molar-refractivity contribution in [1.82, 2.24) is 9.66 Å². The molecule has 0 saturated heterocycles. The van der Waals surface area contributed by atoms with Gasteiger partial charge in [0, 0.05) is 14.8 Å². The number of rotatable bonds is 4. The lowest BCUT2D eigenvalue weighted by molar-refractivity contribution is 0.468. The predicted molar refractivity (Wildman–Crippen MR) is 118 cm³/mol. The number of nitrogens with zero attached hydrogens (tertiary/aromatic N) is 3. The van der Waals surface area contributed by atoms with Crippen LogP contribution in [0, 0.1) is 0 Å². The van der Waals surface area contributed by atoms with Crippen molar-refractivity contribution in [3.05, 3.63) is 74.3 Å². The number of hydrogen-bond donors (Lipinski definition) is 0. The number of aromatic nitrogens is 2. The molecule has 0 saturated carbocycles. The van der Waals surface area contributed by atoms with Gasteiger partial charge in [-0.1, -0.05) is 23.4 Å². The summed E-state index contributed by atoms with van der Waals surface area (Å²) in [7, 11) is 0. The van der Waals surface area contributed by atoms with Gasteiger partial charge in [0.2, 0.25) is 0 Å². The molecule has 0 radical (unpaired) electrons. The Morgan fingerprint density at radius 3 is 2.86 bits per heavy atom. The van der Waals surface area contributed by atoms with Gasteiger partial charge in [0.1, 0.15) is 16.9 Å². The number of aryl methyl sites for hydroxylation is 2. The van der Waals surface area contributed by atoms with E-state index in [0.717, 1.165) is 45.0 Å². The molecule has 3 heterocycles. The minimum atomic E-state index is -0.118. The first-order valence-corrected chi connectivity index (χ1v) is 11.3. The van der Waals surface area contributed by atoms with E-state index in [1.807, 2.05) is 36.4 Å². The lowest BCUT2D eigenvalue weighted by atomic mass is 9.97. The van der Waals surface area contributed by atoms with Crippen LogP contribution in [-0.2, 0) is 12.8 Å². The van der Waals surface area contributed by atoms with Crippen molar-refractivity contribution in [1.29, 1.82) is 0 Å². The van der Waals surface area contributed by atoms with E-state index < -0.39 is 0 Å².